The number of benzene rings is 2. The van der Waals surface area contributed by atoms with Crippen molar-refractivity contribution < 1.29 is 33.4 Å². The van der Waals surface area contributed by atoms with Crippen molar-refractivity contribution in [1.29, 1.82) is 0 Å². The molecule has 5 rings (SSSR count). The molecule has 0 bridgehead atoms. The number of nitrogens with one attached hydrogen (secondary N) is 2. The third-order valence-corrected chi connectivity index (χ3v) is 7.41. The Labute approximate surface area is 250 Å². The molecule has 4 aromatic rings. The zero-order valence-corrected chi connectivity index (χ0v) is 23.5. The number of hydrogen-bond donors (Lipinski definition) is 3. The fourth-order valence-corrected chi connectivity index (χ4v) is 4.80. The first-order valence-corrected chi connectivity index (χ1v) is 13.8. The maximum Gasteiger partial charge on any atom is 0.337 e. The molecule has 0 radical (unpaired) electrons. The average Bonchev–Trinajstić information content (AvgIpc) is 3.33. The van der Waals surface area contributed by atoms with E-state index in [1.807, 2.05) is 0 Å². The molecule has 10 nitrogen and oxygen atoms in total. The van der Waals surface area contributed by atoms with E-state index >= 15 is 0 Å². The zero-order valence-electron chi connectivity index (χ0n) is 22.0. The van der Waals surface area contributed by atoms with Gasteiger partial charge >= 0.3 is 5.97 Å². The van der Waals surface area contributed by atoms with Crippen molar-refractivity contribution in [3.8, 4) is 17.4 Å². The van der Waals surface area contributed by atoms with Crippen molar-refractivity contribution in [3.05, 3.63) is 100 Å². The van der Waals surface area contributed by atoms with Crippen molar-refractivity contribution in [3.63, 3.8) is 0 Å². The van der Waals surface area contributed by atoms with Crippen molar-refractivity contribution in [1.82, 2.24) is 10.3 Å². The number of aromatic carboxylic acids is 1. The highest BCUT2D eigenvalue weighted by atomic mass is 35.5. The topological polar surface area (TPSA) is 140 Å². The molecule has 42 heavy (non-hydrogen) atoms. The van der Waals surface area contributed by atoms with Gasteiger partial charge in [0.1, 0.15) is 22.8 Å². The quantitative estimate of drug-likeness (QED) is 0.187. The lowest BCUT2D eigenvalue weighted by Crippen LogP contribution is -2.39. The van der Waals surface area contributed by atoms with E-state index in [4.69, 9.17) is 37.1 Å². The SMILES string of the molecule is O=C(Nc1ccccc1C(=O)O)c1ccc(Oc2ccc(OC3CCC(NC(=O)c4occ(Cl)c4Cl)CC3)cc2)nc1. The normalized spacial score (nSPS) is 16.3. The minimum absolute atomic E-state index is 0.00869. The predicted octanol–water partition coefficient (Wildman–Crippen LogP) is 6.84. The number of para-hydroxylation sites is 1. The molecule has 3 N–H and O–H groups in total. The van der Waals surface area contributed by atoms with Crippen molar-refractivity contribution >= 4 is 46.7 Å². The van der Waals surface area contributed by atoms with Crippen LogP contribution in [0.15, 0.2) is 77.5 Å². The standard InChI is InChI=1S/C30H25Cl2N3O7/c31-23-16-40-27(26(23)32)29(37)34-18-6-8-19(9-7-18)41-20-10-12-21(13-11-20)42-25-14-5-17(15-33-25)28(36)35-24-4-2-1-3-22(24)30(38)39/h1-5,10-16,18-19H,6-9H2,(H,34,37)(H,35,36)(H,38,39). The van der Waals surface area contributed by atoms with Crippen LogP contribution < -0.4 is 20.1 Å². The summed E-state index contributed by atoms with van der Waals surface area (Å²) in [6, 6.07) is 16.3. The maximum absolute atomic E-state index is 12.6. The van der Waals surface area contributed by atoms with Crippen LogP contribution in [0.1, 0.15) is 57.0 Å². The number of pyridine rings is 1. The number of rotatable bonds is 9. The number of carboxylic acids is 1. The second kappa shape index (κ2) is 13.0. The lowest BCUT2D eigenvalue weighted by atomic mass is 9.93. The molecule has 0 aliphatic heterocycles. The summed E-state index contributed by atoms with van der Waals surface area (Å²) in [5.74, 6) is -0.504. The van der Waals surface area contributed by atoms with Gasteiger partial charge in [-0.05, 0) is 68.1 Å². The van der Waals surface area contributed by atoms with E-state index in [9.17, 15) is 19.5 Å². The molecule has 12 heteroatoms. The third-order valence-electron chi connectivity index (χ3n) is 6.66. The van der Waals surface area contributed by atoms with Crippen LogP contribution in [0.4, 0.5) is 5.69 Å². The van der Waals surface area contributed by atoms with Crippen LogP contribution in [0.25, 0.3) is 0 Å². The van der Waals surface area contributed by atoms with Gasteiger partial charge in [-0.25, -0.2) is 9.78 Å². The average molecular weight is 610 g/mol. The van der Waals surface area contributed by atoms with E-state index in [-0.39, 0.29) is 56.6 Å². The zero-order chi connectivity index (χ0) is 29.6. The van der Waals surface area contributed by atoms with Gasteiger partial charge in [0.05, 0.1) is 27.9 Å². The highest BCUT2D eigenvalue weighted by Crippen LogP contribution is 2.30. The minimum atomic E-state index is -1.14. The van der Waals surface area contributed by atoms with Gasteiger partial charge in [0, 0.05) is 18.3 Å². The number of aromatic nitrogens is 1. The van der Waals surface area contributed by atoms with Crippen molar-refractivity contribution in [2.24, 2.45) is 0 Å². The Bertz CT molecular complexity index is 1580. The summed E-state index contributed by atoms with van der Waals surface area (Å²) in [4.78, 5) is 40.5. The van der Waals surface area contributed by atoms with Crippen LogP contribution in [0.3, 0.4) is 0 Å². The Morgan fingerprint density at radius 2 is 1.62 bits per heavy atom. The highest BCUT2D eigenvalue weighted by molar-refractivity contribution is 6.43. The molecule has 0 saturated heterocycles. The molecule has 0 unspecified atom stereocenters. The first-order chi connectivity index (χ1) is 20.3. The first kappa shape index (κ1) is 29.0. The number of nitrogens with zero attached hydrogens (tertiary/aromatic N) is 1. The Morgan fingerprint density at radius 1 is 0.905 bits per heavy atom. The molecule has 0 spiro atoms. The van der Waals surface area contributed by atoms with Gasteiger partial charge in [-0.2, -0.15) is 0 Å². The number of halogens is 2. The number of ether oxygens (including phenoxy) is 2. The van der Waals surface area contributed by atoms with E-state index in [0.717, 1.165) is 25.7 Å². The number of amides is 2. The van der Waals surface area contributed by atoms with Crippen molar-refractivity contribution in [2.45, 2.75) is 37.8 Å². The summed E-state index contributed by atoms with van der Waals surface area (Å²) in [6.45, 7) is 0. The number of carbonyl (C=O) groups excluding carboxylic acids is 2. The predicted molar refractivity (Wildman–Crippen MR) is 155 cm³/mol. The van der Waals surface area contributed by atoms with Crippen LogP contribution in [0.2, 0.25) is 10.0 Å². The summed E-state index contributed by atoms with van der Waals surface area (Å²) < 4.78 is 17.0. The first-order valence-electron chi connectivity index (χ1n) is 13.0. The molecule has 2 aromatic heterocycles. The fraction of sp³-hybridized carbons (Fsp3) is 0.200. The minimum Gasteiger partial charge on any atom is -0.490 e. The monoisotopic (exact) mass is 609 g/mol. The van der Waals surface area contributed by atoms with Gasteiger partial charge in [-0.1, -0.05) is 35.3 Å². The Hall–Kier alpha value is -4.54. The fourth-order valence-electron chi connectivity index (χ4n) is 4.50. The molecule has 2 heterocycles. The van der Waals surface area contributed by atoms with Crippen LogP contribution in [-0.4, -0.2) is 40.0 Å². The maximum atomic E-state index is 12.6. The summed E-state index contributed by atoms with van der Waals surface area (Å²) >= 11 is 11.8. The molecule has 1 aliphatic rings. The summed E-state index contributed by atoms with van der Waals surface area (Å²) in [7, 11) is 0. The van der Waals surface area contributed by atoms with E-state index < -0.39 is 11.9 Å². The Morgan fingerprint density at radius 3 is 2.26 bits per heavy atom. The molecule has 1 fully saturated rings. The Balaban J connectivity index is 1.09. The molecule has 1 aliphatic carbocycles. The molecule has 1 saturated carbocycles. The Kier molecular flexibility index (Phi) is 8.94. The molecular formula is C30H25Cl2N3O7. The van der Waals surface area contributed by atoms with E-state index in [1.165, 1.54) is 30.7 Å². The smallest absolute Gasteiger partial charge is 0.337 e. The van der Waals surface area contributed by atoms with Crippen LogP contribution >= 0.6 is 23.2 Å². The van der Waals surface area contributed by atoms with Gasteiger partial charge < -0.3 is 29.6 Å². The lowest BCUT2D eigenvalue weighted by molar-refractivity contribution is 0.0697. The van der Waals surface area contributed by atoms with Crippen LogP contribution in [-0.2, 0) is 0 Å². The van der Waals surface area contributed by atoms with Crippen molar-refractivity contribution in [2.75, 3.05) is 5.32 Å². The van der Waals surface area contributed by atoms with E-state index in [0.29, 0.717) is 11.5 Å². The second-order valence-corrected chi connectivity index (χ2v) is 10.3. The van der Waals surface area contributed by atoms with Gasteiger partial charge in [0.15, 0.2) is 0 Å². The third kappa shape index (κ3) is 7.02. The summed E-state index contributed by atoms with van der Waals surface area (Å²) in [5, 5.41) is 15.1. The molecule has 0 atom stereocenters. The van der Waals surface area contributed by atoms with Gasteiger partial charge in [-0.3, -0.25) is 9.59 Å². The van der Waals surface area contributed by atoms with Crippen LogP contribution in [0, 0.1) is 0 Å². The van der Waals surface area contributed by atoms with E-state index in [1.54, 1.807) is 42.5 Å². The van der Waals surface area contributed by atoms with Crippen LogP contribution in [0.5, 0.6) is 17.4 Å². The molecule has 2 amide bonds. The number of carboxylic acid groups (broad SMARTS) is 1. The van der Waals surface area contributed by atoms with E-state index in [2.05, 4.69) is 15.6 Å². The summed E-state index contributed by atoms with van der Waals surface area (Å²) in [5.41, 5.74) is 0.429. The number of carbonyl (C=O) groups is 3. The summed E-state index contributed by atoms with van der Waals surface area (Å²) in [6.07, 6.45) is 5.62. The number of anilines is 1. The molecule has 216 valence electrons. The molecule has 2 aromatic carbocycles. The second-order valence-electron chi connectivity index (χ2n) is 9.56. The largest absolute Gasteiger partial charge is 0.490 e. The number of hydrogen-bond acceptors (Lipinski definition) is 7. The van der Waals surface area contributed by atoms with Gasteiger partial charge in [0.2, 0.25) is 11.6 Å². The lowest BCUT2D eigenvalue weighted by Gasteiger charge is -2.29. The molecular weight excluding hydrogens is 585 g/mol. The highest BCUT2D eigenvalue weighted by Gasteiger charge is 2.26. The van der Waals surface area contributed by atoms with Gasteiger partial charge in [-0.15, -0.1) is 0 Å². The van der Waals surface area contributed by atoms with Gasteiger partial charge in [0.25, 0.3) is 11.8 Å². The number of furan rings is 1.